The molecule has 0 saturated carbocycles. The lowest BCUT2D eigenvalue weighted by molar-refractivity contribution is 0.225. The van der Waals surface area contributed by atoms with Gasteiger partial charge in [-0.1, -0.05) is 12.2 Å². The van der Waals surface area contributed by atoms with E-state index in [0.29, 0.717) is 0 Å². The largest absolute Gasteiger partial charge is 0.396 e. The summed E-state index contributed by atoms with van der Waals surface area (Å²) in [7, 11) is -3.14. The minimum Gasteiger partial charge on any atom is -0.396 e. The maximum absolute atomic E-state index is 11.6. The standard InChI is InChI=1S/C8H15O4P/c1-3-6-11-13(10,8-5-9)12-7-4-2/h3-4,9H,1-2,5-8H2. The van der Waals surface area contributed by atoms with Crippen LogP contribution in [-0.2, 0) is 13.6 Å². The highest BCUT2D eigenvalue weighted by Gasteiger charge is 2.22. The zero-order valence-corrected chi connectivity index (χ0v) is 8.41. The fourth-order valence-electron chi connectivity index (χ4n) is 0.621. The molecule has 0 unspecified atom stereocenters. The highest BCUT2D eigenvalue weighted by molar-refractivity contribution is 7.53. The van der Waals surface area contributed by atoms with Crippen LogP contribution >= 0.6 is 7.60 Å². The molecule has 0 amide bonds. The molecule has 13 heavy (non-hydrogen) atoms. The van der Waals surface area contributed by atoms with Gasteiger partial charge in [-0.15, -0.1) is 13.2 Å². The summed E-state index contributed by atoms with van der Waals surface area (Å²) < 4.78 is 21.5. The third-order valence-corrected chi connectivity index (χ3v) is 2.98. The molecule has 0 spiro atoms. The quantitative estimate of drug-likeness (QED) is 0.484. The van der Waals surface area contributed by atoms with Crippen molar-refractivity contribution in [3.05, 3.63) is 25.3 Å². The van der Waals surface area contributed by atoms with E-state index in [0.717, 1.165) is 0 Å². The van der Waals surface area contributed by atoms with Crippen LogP contribution < -0.4 is 0 Å². The first kappa shape index (κ1) is 12.6. The Hall–Kier alpha value is -0.410. The van der Waals surface area contributed by atoms with E-state index in [1.54, 1.807) is 0 Å². The Kier molecular flexibility index (Phi) is 6.82. The van der Waals surface area contributed by atoms with Gasteiger partial charge >= 0.3 is 7.60 Å². The van der Waals surface area contributed by atoms with Crippen molar-refractivity contribution >= 4 is 7.60 Å². The van der Waals surface area contributed by atoms with Gasteiger partial charge in [0, 0.05) is 0 Å². The van der Waals surface area contributed by atoms with Crippen LogP contribution in [-0.4, -0.2) is 31.1 Å². The first-order valence-electron chi connectivity index (χ1n) is 3.89. The number of aliphatic hydroxyl groups is 1. The average molecular weight is 206 g/mol. The molecule has 0 fully saturated rings. The van der Waals surface area contributed by atoms with Gasteiger partial charge in [0.05, 0.1) is 26.0 Å². The number of hydrogen-bond acceptors (Lipinski definition) is 4. The molecular weight excluding hydrogens is 191 g/mol. The highest BCUT2D eigenvalue weighted by atomic mass is 31.2. The van der Waals surface area contributed by atoms with Crippen LogP contribution in [0.2, 0.25) is 0 Å². The molecule has 0 saturated heterocycles. The molecule has 0 radical (unpaired) electrons. The van der Waals surface area contributed by atoms with Crippen molar-refractivity contribution in [1.29, 1.82) is 0 Å². The van der Waals surface area contributed by atoms with Crippen LogP contribution in [0.5, 0.6) is 0 Å². The van der Waals surface area contributed by atoms with Crippen molar-refractivity contribution in [2.24, 2.45) is 0 Å². The van der Waals surface area contributed by atoms with E-state index in [2.05, 4.69) is 13.2 Å². The second-order valence-electron chi connectivity index (χ2n) is 2.23. The van der Waals surface area contributed by atoms with Gasteiger partial charge in [-0.3, -0.25) is 4.57 Å². The lowest BCUT2D eigenvalue weighted by Crippen LogP contribution is -2.03. The number of aliphatic hydroxyl groups excluding tert-OH is 1. The minimum atomic E-state index is -3.14. The van der Waals surface area contributed by atoms with Crippen molar-refractivity contribution in [2.75, 3.05) is 26.0 Å². The number of hydrogen-bond donors (Lipinski definition) is 1. The summed E-state index contributed by atoms with van der Waals surface area (Å²) in [6, 6.07) is 0. The third kappa shape index (κ3) is 5.77. The molecule has 0 heterocycles. The second-order valence-corrected chi connectivity index (χ2v) is 4.41. The number of rotatable bonds is 8. The molecule has 0 aromatic heterocycles. The van der Waals surface area contributed by atoms with E-state index < -0.39 is 7.60 Å². The predicted octanol–water partition coefficient (Wildman–Crippen LogP) is 1.58. The van der Waals surface area contributed by atoms with Crippen LogP contribution in [0.3, 0.4) is 0 Å². The normalized spacial score (nSPS) is 11.2. The second kappa shape index (κ2) is 7.04. The van der Waals surface area contributed by atoms with Crippen LogP contribution in [0.4, 0.5) is 0 Å². The van der Waals surface area contributed by atoms with Crippen molar-refractivity contribution in [3.63, 3.8) is 0 Å². The van der Waals surface area contributed by atoms with Gasteiger partial charge in [0.25, 0.3) is 0 Å². The van der Waals surface area contributed by atoms with Gasteiger partial charge in [-0.2, -0.15) is 0 Å². The lowest BCUT2D eigenvalue weighted by atomic mass is 10.7. The van der Waals surface area contributed by atoms with Gasteiger partial charge in [0.2, 0.25) is 0 Å². The van der Waals surface area contributed by atoms with E-state index in [4.69, 9.17) is 14.2 Å². The van der Waals surface area contributed by atoms with Crippen LogP contribution in [0.15, 0.2) is 25.3 Å². The van der Waals surface area contributed by atoms with Crippen molar-refractivity contribution in [1.82, 2.24) is 0 Å². The molecule has 0 aromatic carbocycles. The summed E-state index contributed by atoms with van der Waals surface area (Å²) in [5.41, 5.74) is 0. The van der Waals surface area contributed by atoms with Gasteiger partial charge in [-0.25, -0.2) is 0 Å². The van der Waals surface area contributed by atoms with Gasteiger partial charge < -0.3 is 14.2 Å². The summed E-state index contributed by atoms with van der Waals surface area (Å²) in [6.45, 7) is 6.90. The van der Waals surface area contributed by atoms with Gasteiger partial charge in [0.15, 0.2) is 0 Å². The molecule has 0 rings (SSSR count). The molecule has 4 nitrogen and oxygen atoms in total. The Morgan fingerprint density at radius 2 is 1.69 bits per heavy atom. The fraction of sp³-hybridized carbons (Fsp3) is 0.500. The van der Waals surface area contributed by atoms with E-state index in [1.807, 2.05) is 0 Å². The van der Waals surface area contributed by atoms with Crippen molar-refractivity contribution < 1.29 is 18.7 Å². The summed E-state index contributed by atoms with van der Waals surface area (Å²) in [4.78, 5) is 0. The average Bonchev–Trinajstić information content (AvgIpc) is 2.12. The third-order valence-electron chi connectivity index (χ3n) is 1.15. The zero-order valence-electron chi connectivity index (χ0n) is 7.52. The van der Waals surface area contributed by atoms with E-state index in [1.165, 1.54) is 12.2 Å². The summed E-state index contributed by atoms with van der Waals surface area (Å²) in [5, 5.41) is 8.62. The highest BCUT2D eigenvalue weighted by Crippen LogP contribution is 2.47. The molecule has 0 aromatic rings. The topological polar surface area (TPSA) is 55.8 Å². The molecule has 0 aliphatic carbocycles. The maximum Gasteiger partial charge on any atom is 0.333 e. The summed E-state index contributed by atoms with van der Waals surface area (Å²) in [5.74, 6) is 0. The SMILES string of the molecule is C=CCOP(=O)(CCO)OCC=C. The van der Waals surface area contributed by atoms with E-state index >= 15 is 0 Å². The van der Waals surface area contributed by atoms with Gasteiger partial charge in [-0.05, 0) is 0 Å². The first-order valence-corrected chi connectivity index (χ1v) is 5.62. The van der Waals surface area contributed by atoms with Gasteiger partial charge in [0.1, 0.15) is 0 Å². The monoisotopic (exact) mass is 206 g/mol. The molecule has 0 aliphatic heterocycles. The lowest BCUT2D eigenvalue weighted by Gasteiger charge is -2.15. The molecule has 0 atom stereocenters. The summed E-state index contributed by atoms with van der Waals surface area (Å²) in [6.07, 6.45) is 2.94. The first-order chi connectivity index (χ1) is 6.18. The van der Waals surface area contributed by atoms with Crippen molar-refractivity contribution in [2.45, 2.75) is 0 Å². The molecular formula is C8H15O4P. The van der Waals surface area contributed by atoms with E-state index in [9.17, 15) is 4.57 Å². The Bertz CT molecular complexity index is 186. The molecule has 5 heteroatoms. The Balaban J connectivity index is 4.06. The Labute approximate surface area is 78.4 Å². The zero-order chi connectivity index (χ0) is 10.2. The smallest absolute Gasteiger partial charge is 0.333 e. The van der Waals surface area contributed by atoms with Crippen LogP contribution in [0, 0.1) is 0 Å². The molecule has 0 bridgehead atoms. The van der Waals surface area contributed by atoms with Crippen LogP contribution in [0.1, 0.15) is 0 Å². The Morgan fingerprint density at radius 3 is 2.00 bits per heavy atom. The fourth-order valence-corrected chi connectivity index (χ4v) is 1.86. The van der Waals surface area contributed by atoms with Crippen LogP contribution in [0.25, 0.3) is 0 Å². The predicted molar refractivity (Wildman–Crippen MR) is 51.9 cm³/mol. The van der Waals surface area contributed by atoms with Crippen molar-refractivity contribution in [3.8, 4) is 0 Å². The van der Waals surface area contributed by atoms with E-state index in [-0.39, 0.29) is 26.0 Å². The molecule has 0 aliphatic rings. The minimum absolute atomic E-state index is 0.00528. The Morgan fingerprint density at radius 1 is 1.23 bits per heavy atom. The molecule has 1 N–H and O–H groups in total. The summed E-state index contributed by atoms with van der Waals surface area (Å²) >= 11 is 0. The maximum atomic E-state index is 11.6. The molecule has 76 valence electrons.